The maximum atomic E-state index is 15.3. The number of oxime groups is 1. The molecule has 0 radical (unpaired) electrons. The summed E-state index contributed by atoms with van der Waals surface area (Å²) < 4.78 is 35.8. The van der Waals surface area contributed by atoms with E-state index in [1.54, 1.807) is 42.1 Å². The predicted octanol–water partition coefficient (Wildman–Crippen LogP) is 13.7. The number of carbonyl (C=O) groups is 1. The fourth-order valence-corrected chi connectivity index (χ4v) is 12.1. The quantitative estimate of drug-likeness (QED) is 0.0155. The van der Waals surface area contributed by atoms with Crippen molar-refractivity contribution < 1.29 is 43.4 Å². The second-order valence-electron chi connectivity index (χ2n) is 20.2. The Morgan fingerprint density at radius 3 is 2.28 bits per heavy atom. The van der Waals surface area contributed by atoms with E-state index in [1.165, 1.54) is 56.4 Å². The Balaban J connectivity index is 1.34. The Labute approximate surface area is 447 Å². The molecule has 1 aliphatic heterocycles. The van der Waals surface area contributed by atoms with E-state index in [4.69, 9.17) is 24.2 Å². The predicted molar refractivity (Wildman–Crippen MR) is 294 cm³/mol. The number of fused-ring (bicyclic) bond motifs is 2. The molecule has 7 rings (SSSR count). The molecule has 1 amide bonds. The number of unbranched alkanes of at least 4 members (excludes halogenated alkanes) is 10. The van der Waals surface area contributed by atoms with Gasteiger partial charge in [-0.1, -0.05) is 119 Å². The Morgan fingerprint density at radius 2 is 1.59 bits per heavy atom. The third-order valence-corrected chi connectivity index (χ3v) is 16.0. The number of aliphatic hydroxyl groups is 2. The fourth-order valence-electron chi connectivity index (χ4n) is 11.4. The summed E-state index contributed by atoms with van der Waals surface area (Å²) in [5.74, 6) is -0.648. The molecule has 1 heterocycles. The van der Waals surface area contributed by atoms with Crippen LogP contribution in [0.25, 0.3) is 0 Å². The summed E-state index contributed by atoms with van der Waals surface area (Å²) in [7, 11) is 0. The van der Waals surface area contributed by atoms with E-state index >= 15 is 4.79 Å². The molecule has 0 aromatic heterocycles. The van der Waals surface area contributed by atoms with Gasteiger partial charge in [-0.3, -0.25) is 14.9 Å². The number of benzene rings is 4. The number of nitro benzene ring substituents is 1. The molecule has 0 spiro atoms. The number of carbonyl (C=O) groups excluding carboxylic acids is 1. The van der Waals surface area contributed by atoms with E-state index in [1.807, 2.05) is 35.2 Å². The minimum absolute atomic E-state index is 0.00601. The molecule has 0 unspecified atom stereocenters. The topological polar surface area (TPSA) is 153 Å². The van der Waals surface area contributed by atoms with Crippen molar-refractivity contribution in [3.8, 4) is 11.5 Å². The van der Waals surface area contributed by atoms with E-state index in [0.717, 1.165) is 72.3 Å². The fraction of sp³-hybridized carbons (Fsp3) is 0.508. The number of nitro groups is 1. The van der Waals surface area contributed by atoms with Crippen LogP contribution in [0.1, 0.15) is 139 Å². The standard InChI is InChI=1S/C61H78FN3O9S/c1-3-5-6-7-8-9-10-11-15-24-58(68)64(43-45-25-29-48(62)30-26-45)57-42-55(63-73-44-46-27-31-49(32-28-46)65(69)70)53-40-47(20-16-18-35-66)52(23-17-19-36-67)59-54-41-50(71-38-39-75-51-21-13-12-14-22-51)33-34-56(54)74-61(57,60(53)59)72-37-4-2/h4,12-14,21-22,25-34,40-41,47,52,57,59-60,66-67H,2-3,5-11,15-20,23-24,35-39,42-44H2,1H3/t47-,52+,57-,59+,60+,61+/m0/s1. The number of non-ortho nitro benzene ring substituents is 1. The number of aliphatic hydroxyl groups excluding tert-OH is 2. The van der Waals surface area contributed by atoms with Crippen molar-refractivity contribution in [2.24, 2.45) is 22.9 Å². The normalized spacial score (nSPS) is 21.1. The molecular weight excluding hydrogens is 970 g/mol. The molecule has 12 nitrogen and oxygen atoms in total. The van der Waals surface area contributed by atoms with Gasteiger partial charge in [-0.05, 0) is 115 Å². The number of allylic oxidation sites excluding steroid dienone is 1. The van der Waals surface area contributed by atoms with Crippen LogP contribution in [0.4, 0.5) is 10.1 Å². The highest BCUT2D eigenvalue weighted by molar-refractivity contribution is 7.99. The first kappa shape index (κ1) is 57.2. The SMILES string of the molecule is C=CCO[C@@]12Oc3ccc(OCCSc4ccccc4)cc3[C@H]3[C@H](CCCCO)[C@@H](CCCCO)C=C(C(=NOCc4ccc([N+](=O)[O-])cc4)C[C@@H]1N(Cc1ccc(F)cc1)C(=O)CCCCCCCCCCC)[C@H]32. The summed E-state index contributed by atoms with van der Waals surface area (Å²) in [6, 6.07) is 27.9. The zero-order chi connectivity index (χ0) is 52.8. The van der Waals surface area contributed by atoms with Gasteiger partial charge in [0.2, 0.25) is 11.7 Å². The van der Waals surface area contributed by atoms with E-state index in [2.05, 4.69) is 37.8 Å². The van der Waals surface area contributed by atoms with Crippen LogP contribution in [0.5, 0.6) is 11.5 Å². The lowest BCUT2D eigenvalue weighted by Crippen LogP contribution is -2.70. The monoisotopic (exact) mass is 1050 g/mol. The number of rotatable bonds is 33. The van der Waals surface area contributed by atoms with E-state index in [0.29, 0.717) is 55.1 Å². The third-order valence-electron chi connectivity index (χ3n) is 15.0. The van der Waals surface area contributed by atoms with Crippen LogP contribution in [0.2, 0.25) is 0 Å². The van der Waals surface area contributed by atoms with Crippen molar-refractivity contribution in [1.29, 1.82) is 0 Å². The first-order valence-corrected chi connectivity index (χ1v) is 28.5. The van der Waals surface area contributed by atoms with E-state index in [-0.39, 0.29) is 74.6 Å². The lowest BCUT2D eigenvalue weighted by atomic mass is 9.55. The summed E-state index contributed by atoms with van der Waals surface area (Å²) in [4.78, 5) is 35.7. The summed E-state index contributed by atoms with van der Waals surface area (Å²) in [6.07, 6.45) is 18.8. The van der Waals surface area contributed by atoms with Crippen LogP contribution in [0, 0.1) is 33.7 Å². The zero-order valence-electron chi connectivity index (χ0n) is 43.8. The first-order chi connectivity index (χ1) is 36.7. The highest BCUT2D eigenvalue weighted by Gasteiger charge is 2.65. The summed E-state index contributed by atoms with van der Waals surface area (Å²) >= 11 is 1.73. The van der Waals surface area contributed by atoms with Gasteiger partial charge in [-0.15, -0.1) is 18.3 Å². The molecule has 4 aromatic carbocycles. The van der Waals surface area contributed by atoms with E-state index < -0.39 is 22.7 Å². The molecule has 3 aliphatic rings. The molecule has 4 aromatic rings. The van der Waals surface area contributed by atoms with Crippen LogP contribution < -0.4 is 9.47 Å². The third kappa shape index (κ3) is 15.5. The van der Waals surface area contributed by atoms with Gasteiger partial charge >= 0.3 is 0 Å². The number of nitrogens with zero attached hydrogens (tertiary/aromatic N) is 3. The van der Waals surface area contributed by atoms with Gasteiger partial charge in [0.15, 0.2) is 0 Å². The van der Waals surface area contributed by atoms with Crippen LogP contribution >= 0.6 is 11.8 Å². The molecule has 2 aliphatic carbocycles. The van der Waals surface area contributed by atoms with Gasteiger partial charge in [0.1, 0.15) is 30.0 Å². The van der Waals surface area contributed by atoms with Crippen LogP contribution in [0.15, 0.2) is 131 Å². The van der Waals surface area contributed by atoms with Crippen LogP contribution in [-0.4, -0.2) is 75.7 Å². The Hall–Kier alpha value is -5.54. The average molecular weight is 1050 g/mol. The number of thioether (sulfide) groups is 1. The number of halogens is 1. The number of hydrogen-bond donors (Lipinski definition) is 2. The average Bonchev–Trinajstić information content (AvgIpc) is 3.42. The van der Waals surface area contributed by atoms with Gasteiger partial charge in [0.25, 0.3) is 5.69 Å². The number of hydrogen-bond acceptors (Lipinski definition) is 11. The van der Waals surface area contributed by atoms with Gasteiger partial charge < -0.3 is 34.2 Å². The van der Waals surface area contributed by atoms with Crippen molar-refractivity contribution in [2.75, 3.05) is 32.2 Å². The molecule has 2 N–H and O–H groups in total. The second-order valence-corrected chi connectivity index (χ2v) is 21.4. The smallest absolute Gasteiger partial charge is 0.269 e. The first-order valence-electron chi connectivity index (χ1n) is 27.5. The summed E-state index contributed by atoms with van der Waals surface area (Å²) in [5, 5.41) is 36.6. The summed E-state index contributed by atoms with van der Waals surface area (Å²) in [6.45, 7) is 7.22. The van der Waals surface area contributed by atoms with E-state index in [9.17, 15) is 24.7 Å². The number of amides is 1. The molecular formula is C61H78FN3O9S. The minimum Gasteiger partial charge on any atom is -0.493 e. The van der Waals surface area contributed by atoms with Crippen molar-refractivity contribution in [3.63, 3.8) is 0 Å². The molecule has 0 bridgehead atoms. The van der Waals surface area contributed by atoms with Crippen LogP contribution in [-0.2, 0) is 27.5 Å². The Kier molecular flexibility index (Phi) is 22.6. The Morgan fingerprint density at radius 1 is 0.893 bits per heavy atom. The number of ether oxygens (including phenoxy) is 3. The molecule has 14 heteroatoms. The molecule has 6 atom stereocenters. The molecule has 75 heavy (non-hydrogen) atoms. The zero-order valence-corrected chi connectivity index (χ0v) is 44.7. The van der Waals surface area contributed by atoms with Crippen LogP contribution in [0.3, 0.4) is 0 Å². The van der Waals surface area contributed by atoms with Gasteiger partial charge in [-0.25, -0.2) is 4.39 Å². The van der Waals surface area contributed by atoms with Gasteiger partial charge in [0, 0.05) is 66.9 Å². The van der Waals surface area contributed by atoms with Crippen molar-refractivity contribution >= 4 is 29.1 Å². The molecule has 1 saturated carbocycles. The largest absolute Gasteiger partial charge is 0.493 e. The highest BCUT2D eigenvalue weighted by atomic mass is 32.2. The lowest BCUT2D eigenvalue weighted by molar-refractivity contribution is -0.384. The second kappa shape index (κ2) is 29.7. The molecule has 0 saturated heterocycles. The van der Waals surface area contributed by atoms with Gasteiger partial charge in [-0.2, -0.15) is 0 Å². The van der Waals surface area contributed by atoms with Crippen molar-refractivity contribution in [1.82, 2.24) is 4.90 Å². The van der Waals surface area contributed by atoms with Crippen molar-refractivity contribution in [3.05, 3.63) is 154 Å². The molecule has 404 valence electrons. The lowest BCUT2D eigenvalue weighted by Gasteiger charge is -2.60. The Bertz CT molecular complexity index is 2470. The molecule has 1 fully saturated rings. The van der Waals surface area contributed by atoms with Crippen molar-refractivity contribution in [2.45, 2.75) is 152 Å². The minimum atomic E-state index is -1.48. The highest BCUT2D eigenvalue weighted by Crippen LogP contribution is 2.62. The maximum absolute atomic E-state index is 15.3. The maximum Gasteiger partial charge on any atom is 0.269 e. The summed E-state index contributed by atoms with van der Waals surface area (Å²) in [5.41, 5.74) is 3.89. The van der Waals surface area contributed by atoms with Gasteiger partial charge in [0.05, 0.1) is 29.8 Å².